The molecule has 18 heteroatoms. The largest absolute Gasteiger partial charge is 0.361 e. The van der Waals surface area contributed by atoms with Crippen LogP contribution < -0.4 is 0 Å². The van der Waals surface area contributed by atoms with Gasteiger partial charge in [0.2, 0.25) is 0 Å². The second kappa shape index (κ2) is 6.86. The fourth-order valence-electron chi connectivity index (χ4n) is 1.09. The number of rotatable bonds is 5. The van der Waals surface area contributed by atoms with Gasteiger partial charge >= 0.3 is 30.9 Å². The maximum Gasteiger partial charge on any atom is 0.361 e. The smallest absolute Gasteiger partial charge is 0.269 e. The summed E-state index contributed by atoms with van der Waals surface area (Å²) in [6.07, 6.45) is 0. The third-order valence-corrected chi connectivity index (χ3v) is 7.78. The molecule has 24 heavy (non-hydrogen) atoms. The highest BCUT2D eigenvalue weighted by Gasteiger charge is 2.34. The molecular formula is C6H12N4O9S5. The van der Waals surface area contributed by atoms with Gasteiger partial charge in [-0.05, 0) is 11.8 Å². The predicted molar refractivity (Wildman–Crippen MR) is 87.6 cm³/mol. The maximum atomic E-state index is 11.3. The monoisotopic (exact) mass is 444 g/mol. The first kappa shape index (κ1) is 21.3. The highest BCUT2D eigenvalue weighted by molar-refractivity contribution is 8.20. The van der Waals surface area contributed by atoms with Gasteiger partial charge in [0, 0.05) is 33.1 Å². The molecule has 0 bridgehead atoms. The molecule has 0 aromatic rings. The average molecular weight is 445 g/mol. The van der Waals surface area contributed by atoms with E-state index in [0.29, 0.717) is 28.0 Å². The molecule has 0 aromatic heterocycles. The van der Waals surface area contributed by atoms with Gasteiger partial charge in [-0.2, -0.15) is 29.7 Å². The normalized spacial score (nSPS) is 16.7. The average Bonchev–Trinajstić information content (AvgIpc) is 2.41. The summed E-state index contributed by atoms with van der Waals surface area (Å²) >= 11 is 0.621. The van der Waals surface area contributed by atoms with Crippen LogP contribution in [0.3, 0.4) is 0 Å². The van der Waals surface area contributed by atoms with Crippen LogP contribution >= 0.6 is 23.7 Å². The van der Waals surface area contributed by atoms with Crippen LogP contribution in [0.1, 0.15) is 0 Å². The summed E-state index contributed by atoms with van der Waals surface area (Å²) in [6, 6.07) is 0. The van der Waals surface area contributed by atoms with Crippen molar-refractivity contribution in [2.24, 2.45) is 4.40 Å². The van der Waals surface area contributed by atoms with Crippen molar-refractivity contribution in [2.45, 2.75) is 0 Å². The van der Waals surface area contributed by atoms with Crippen LogP contribution in [0.5, 0.6) is 0 Å². The fourth-order valence-corrected chi connectivity index (χ4v) is 5.03. The number of hydrogen-bond acceptors (Lipinski definition) is 9. The SMILES string of the molecule is CN(C1=NSC(N(C)S(=O)(=O)O)=C(N(C)S(=O)(=O)O)S1)S(=O)(=O)O. The molecule has 1 aliphatic heterocycles. The van der Waals surface area contributed by atoms with E-state index in [1.165, 1.54) is 0 Å². The van der Waals surface area contributed by atoms with Gasteiger partial charge in [0.15, 0.2) is 5.17 Å². The van der Waals surface area contributed by atoms with Crippen molar-refractivity contribution in [1.82, 2.24) is 12.9 Å². The Labute approximate surface area is 147 Å². The zero-order chi connectivity index (χ0) is 19.1. The molecule has 0 unspecified atom stereocenters. The van der Waals surface area contributed by atoms with E-state index in [2.05, 4.69) is 4.40 Å². The van der Waals surface area contributed by atoms with Crippen LogP contribution in [0.25, 0.3) is 0 Å². The Kier molecular flexibility index (Phi) is 6.08. The van der Waals surface area contributed by atoms with Crippen molar-refractivity contribution in [3.05, 3.63) is 10.1 Å². The van der Waals surface area contributed by atoms with Gasteiger partial charge in [0.05, 0.1) is 0 Å². The second-order valence-electron chi connectivity index (χ2n) is 4.01. The van der Waals surface area contributed by atoms with E-state index in [-0.39, 0.29) is 8.61 Å². The van der Waals surface area contributed by atoms with Crippen molar-refractivity contribution < 1.29 is 38.9 Å². The molecule has 1 rings (SSSR count). The lowest BCUT2D eigenvalue weighted by molar-refractivity contribution is 0.411. The molecule has 0 atom stereocenters. The third-order valence-electron chi connectivity index (χ3n) is 2.46. The summed E-state index contributed by atoms with van der Waals surface area (Å²) in [6.45, 7) is 0. The molecular weight excluding hydrogens is 432 g/mol. The molecule has 3 N–H and O–H groups in total. The summed E-state index contributed by atoms with van der Waals surface area (Å²) in [5.41, 5.74) is 0. The molecule has 140 valence electrons. The van der Waals surface area contributed by atoms with E-state index >= 15 is 0 Å². The summed E-state index contributed by atoms with van der Waals surface area (Å²) in [5, 5.41) is -1.35. The third kappa shape index (κ3) is 4.88. The summed E-state index contributed by atoms with van der Waals surface area (Å²) in [5.74, 6) is 0. The summed E-state index contributed by atoms with van der Waals surface area (Å²) in [4.78, 5) is 0. The van der Waals surface area contributed by atoms with E-state index in [9.17, 15) is 25.3 Å². The van der Waals surface area contributed by atoms with Crippen LogP contribution in [-0.4, -0.2) is 78.1 Å². The van der Waals surface area contributed by atoms with E-state index in [1.807, 2.05) is 0 Å². The van der Waals surface area contributed by atoms with E-state index < -0.39 is 46.1 Å². The summed E-state index contributed by atoms with van der Waals surface area (Å²) in [7, 11) is -11.7. The second-order valence-corrected chi connectivity index (χ2v) is 10.1. The van der Waals surface area contributed by atoms with E-state index in [0.717, 1.165) is 21.1 Å². The lowest BCUT2D eigenvalue weighted by atomic mass is 10.8. The molecule has 1 heterocycles. The Morgan fingerprint density at radius 1 is 0.750 bits per heavy atom. The molecule has 0 saturated carbocycles. The lowest BCUT2D eigenvalue weighted by Crippen LogP contribution is -2.36. The van der Waals surface area contributed by atoms with Gasteiger partial charge in [-0.3, -0.25) is 13.7 Å². The van der Waals surface area contributed by atoms with E-state index in [4.69, 9.17) is 13.7 Å². The minimum Gasteiger partial charge on any atom is -0.269 e. The van der Waals surface area contributed by atoms with E-state index in [1.54, 1.807) is 0 Å². The molecule has 0 fully saturated rings. The quantitative estimate of drug-likeness (QED) is 0.351. The Hall–Kier alpha value is -0.760. The zero-order valence-electron chi connectivity index (χ0n) is 12.1. The molecule has 1 aliphatic rings. The van der Waals surface area contributed by atoms with Gasteiger partial charge in [0.1, 0.15) is 10.1 Å². The van der Waals surface area contributed by atoms with Crippen LogP contribution in [0.4, 0.5) is 0 Å². The van der Waals surface area contributed by atoms with Crippen molar-refractivity contribution >= 4 is 59.8 Å². The number of amidine groups is 1. The van der Waals surface area contributed by atoms with Crippen molar-refractivity contribution in [2.75, 3.05) is 21.1 Å². The molecule has 0 saturated heterocycles. The maximum absolute atomic E-state index is 11.3. The standard InChI is InChI=1S/C6H12N4O9S5/c1-8(22(11,12)13)4-5(9(2)23(14,15)16)21-7-6(20-4)10(3)24(17,18)19/h1-3H3,(H,11,12,13)(H,14,15,16)(H,17,18,19). The van der Waals surface area contributed by atoms with Gasteiger partial charge in [-0.25, -0.2) is 12.9 Å². The first-order valence-electron chi connectivity index (χ1n) is 5.38. The number of thioether (sulfide) groups is 1. The minimum absolute atomic E-state index is 0.244. The predicted octanol–water partition coefficient (Wildman–Crippen LogP) is -0.932. The first-order valence-corrected chi connectivity index (χ1v) is 11.2. The Balaban J connectivity index is 3.44. The van der Waals surface area contributed by atoms with Crippen LogP contribution in [0.2, 0.25) is 0 Å². The molecule has 0 radical (unpaired) electrons. The molecule has 0 aromatic carbocycles. The number of hydrogen-bond donors (Lipinski definition) is 3. The highest BCUT2D eigenvalue weighted by atomic mass is 32.2. The first-order chi connectivity index (χ1) is 10.6. The lowest BCUT2D eigenvalue weighted by Gasteiger charge is -2.29. The Bertz CT molecular complexity index is 889. The molecule has 0 aliphatic carbocycles. The van der Waals surface area contributed by atoms with Gasteiger partial charge in [-0.1, -0.05) is 0 Å². The van der Waals surface area contributed by atoms with Crippen LogP contribution in [-0.2, 0) is 30.9 Å². The van der Waals surface area contributed by atoms with Gasteiger partial charge < -0.3 is 0 Å². The Morgan fingerprint density at radius 2 is 1.12 bits per heavy atom. The zero-order valence-corrected chi connectivity index (χ0v) is 16.2. The van der Waals surface area contributed by atoms with Crippen molar-refractivity contribution in [1.29, 1.82) is 0 Å². The van der Waals surface area contributed by atoms with Crippen molar-refractivity contribution in [3.8, 4) is 0 Å². The van der Waals surface area contributed by atoms with Gasteiger partial charge in [-0.15, -0.1) is 0 Å². The fraction of sp³-hybridized carbons (Fsp3) is 0.500. The van der Waals surface area contributed by atoms with Gasteiger partial charge in [0.25, 0.3) is 0 Å². The van der Waals surface area contributed by atoms with Crippen LogP contribution in [0, 0.1) is 0 Å². The van der Waals surface area contributed by atoms with Crippen molar-refractivity contribution in [3.63, 3.8) is 0 Å². The number of nitrogens with zero attached hydrogens (tertiary/aromatic N) is 4. The summed E-state index contributed by atoms with van der Waals surface area (Å²) < 4.78 is 98.9. The van der Waals surface area contributed by atoms with Crippen LogP contribution in [0.15, 0.2) is 14.5 Å². The molecule has 13 nitrogen and oxygen atoms in total. The Morgan fingerprint density at radius 3 is 1.50 bits per heavy atom. The molecule has 0 amide bonds. The topological polar surface area (TPSA) is 185 Å². The molecule has 0 spiro atoms. The minimum atomic E-state index is -4.85. The highest BCUT2D eigenvalue weighted by Crippen LogP contribution is 2.40.